The topological polar surface area (TPSA) is 20.2 Å². The van der Waals surface area contributed by atoms with E-state index >= 15 is 0 Å². The van der Waals surface area contributed by atoms with Crippen molar-refractivity contribution in [3.8, 4) is 0 Å². The second-order valence-corrected chi connectivity index (χ2v) is 1.88. The molecule has 68 valence electrons. The standard InChI is InChI=1S/C4H4F6O/c5-3(6,7)1-2(11)4(8,9)10/h2,11H,1H2/t2-/m0/s1. The van der Waals surface area contributed by atoms with Crippen molar-refractivity contribution in [2.45, 2.75) is 24.9 Å². The molecular formula is C4H4F6O. The summed E-state index contributed by atoms with van der Waals surface area (Å²) in [6, 6.07) is 0. The Kier molecular flexibility index (Phi) is 2.76. The van der Waals surface area contributed by atoms with Crippen LogP contribution in [0.1, 0.15) is 6.42 Å². The zero-order valence-electron chi connectivity index (χ0n) is 5.00. The third-order valence-electron chi connectivity index (χ3n) is 0.803. The molecule has 0 bridgehead atoms. The average Bonchev–Trinajstić information content (AvgIpc) is 1.56. The van der Waals surface area contributed by atoms with E-state index in [0.717, 1.165) is 0 Å². The lowest BCUT2D eigenvalue weighted by Crippen LogP contribution is -2.33. The van der Waals surface area contributed by atoms with Gasteiger partial charge in [-0.2, -0.15) is 26.3 Å². The molecule has 0 heterocycles. The van der Waals surface area contributed by atoms with Gasteiger partial charge in [0, 0.05) is 0 Å². The van der Waals surface area contributed by atoms with Crippen LogP contribution in [0.2, 0.25) is 0 Å². The second kappa shape index (κ2) is 2.88. The van der Waals surface area contributed by atoms with Crippen LogP contribution in [0.25, 0.3) is 0 Å². The van der Waals surface area contributed by atoms with Gasteiger partial charge >= 0.3 is 12.4 Å². The fourth-order valence-corrected chi connectivity index (χ4v) is 0.335. The molecule has 0 rings (SSSR count). The van der Waals surface area contributed by atoms with Gasteiger partial charge < -0.3 is 5.11 Å². The monoisotopic (exact) mass is 182 g/mol. The lowest BCUT2D eigenvalue weighted by molar-refractivity contribution is -0.241. The molecule has 0 saturated carbocycles. The minimum absolute atomic E-state index is 2.25. The molecule has 0 aromatic carbocycles. The van der Waals surface area contributed by atoms with E-state index in [-0.39, 0.29) is 0 Å². The van der Waals surface area contributed by atoms with E-state index in [0.29, 0.717) is 0 Å². The van der Waals surface area contributed by atoms with Crippen LogP contribution in [0, 0.1) is 0 Å². The van der Waals surface area contributed by atoms with Gasteiger partial charge in [-0.05, 0) is 0 Å². The summed E-state index contributed by atoms with van der Waals surface area (Å²) in [5.41, 5.74) is 0. The van der Waals surface area contributed by atoms with Gasteiger partial charge in [-0.25, -0.2) is 0 Å². The molecule has 0 aromatic rings. The predicted molar refractivity (Wildman–Crippen MR) is 22.7 cm³/mol. The molecule has 1 atom stereocenters. The summed E-state index contributed by atoms with van der Waals surface area (Å²) < 4.78 is 67.2. The van der Waals surface area contributed by atoms with Gasteiger partial charge in [0.25, 0.3) is 0 Å². The van der Waals surface area contributed by atoms with Crippen LogP contribution in [0.3, 0.4) is 0 Å². The molecule has 0 aliphatic rings. The van der Waals surface area contributed by atoms with Crippen molar-refractivity contribution in [1.29, 1.82) is 0 Å². The molecule has 0 amide bonds. The van der Waals surface area contributed by atoms with Crippen molar-refractivity contribution in [2.75, 3.05) is 0 Å². The first-order valence-electron chi connectivity index (χ1n) is 2.44. The predicted octanol–water partition coefficient (Wildman–Crippen LogP) is 1.86. The normalized spacial score (nSPS) is 16.6. The van der Waals surface area contributed by atoms with Crippen LogP contribution in [0.5, 0.6) is 0 Å². The summed E-state index contributed by atoms with van der Waals surface area (Å²) in [5.74, 6) is 0. The fourth-order valence-electron chi connectivity index (χ4n) is 0.335. The number of rotatable bonds is 1. The van der Waals surface area contributed by atoms with Gasteiger partial charge in [0.1, 0.15) is 0 Å². The van der Waals surface area contributed by atoms with E-state index in [1.807, 2.05) is 0 Å². The van der Waals surface area contributed by atoms with E-state index in [1.165, 1.54) is 0 Å². The molecule has 11 heavy (non-hydrogen) atoms. The van der Waals surface area contributed by atoms with Crippen LogP contribution in [-0.2, 0) is 0 Å². The molecule has 0 aliphatic carbocycles. The number of halogens is 6. The molecule has 0 spiro atoms. The molecule has 0 aliphatic heterocycles. The number of hydrogen-bond acceptors (Lipinski definition) is 1. The van der Waals surface area contributed by atoms with Crippen LogP contribution in [0.15, 0.2) is 0 Å². The minimum atomic E-state index is -5.20. The maximum Gasteiger partial charge on any atom is 0.414 e. The molecule has 0 aromatic heterocycles. The van der Waals surface area contributed by atoms with E-state index in [2.05, 4.69) is 0 Å². The third kappa shape index (κ3) is 4.88. The van der Waals surface area contributed by atoms with Gasteiger partial charge in [-0.1, -0.05) is 0 Å². The smallest absolute Gasteiger partial charge is 0.383 e. The lowest BCUT2D eigenvalue weighted by atomic mass is 10.2. The zero-order chi connectivity index (χ0) is 9.28. The van der Waals surface area contributed by atoms with Crippen molar-refractivity contribution in [3.63, 3.8) is 0 Å². The molecule has 0 saturated heterocycles. The van der Waals surface area contributed by atoms with Crippen molar-refractivity contribution in [3.05, 3.63) is 0 Å². The first kappa shape index (κ1) is 10.5. The summed E-state index contributed by atoms with van der Waals surface area (Å²) in [4.78, 5) is 0. The Bertz CT molecular complexity index is 124. The number of aliphatic hydroxyl groups excluding tert-OH is 1. The third-order valence-corrected chi connectivity index (χ3v) is 0.803. The summed E-state index contributed by atoms with van der Waals surface area (Å²) in [5, 5.41) is 7.88. The van der Waals surface area contributed by atoms with Crippen LogP contribution in [0.4, 0.5) is 26.3 Å². The Morgan fingerprint density at radius 1 is 1.00 bits per heavy atom. The van der Waals surface area contributed by atoms with E-state index in [4.69, 9.17) is 5.11 Å². The fraction of sp³-hybridized carbons (Fsp3) is 1.00. The molecule has 1 N–H and O–H groups in total. The summed E-state index contributed by atoms with van der Waals surface area (Å²) in [7, 11) is 0. The SMILES string of the molecule is O[C@@H](CC(F)(F)F)C(F)(F)F. The average molecular weight is 182 g/mol. The Labute approximate surface area is 57.6 Å². The highest BCUT2D eigenvalue weighted by atomic mass is 19.4. The summed E-state index contributed by atoms with van der Waals surface area (Å²) >= 11 is 0. The first-order chi connectivity index (χ1) is 4.63. The van der Waals surface area contributed by atoms with Gasteiger partial charge in [-0.15, -0.1) is 0 Å². The number of hydrogen-bond donors (Lipinski definition) is 1. The highest BCUT2D eigenvalue weighted by Crippen LogP contribution is 2.30. The highest BCUT2D eigenvalue weighted by molar-refractivity contribution is 4.68. The van der Waals surface area contributed by atoms with E-state index in [9.17, 15) is 26.3 Å². The zero-order valence-corrected chi connectivity index (χ0v) is 5.00. The van der Waals surface area contributed by atoms with Gasteiger partial charge in [0.2, 0.25) is 0 Å². The van der Waals surface area contributed by atoms with Crippen molar-refractivity contribution in [2.24, 2.45) is 0 Å². The molecular weight excluding hydrogens is 178 g/mol. The molecule has 7 heteroatoms. The quantitative estimate of drug-likeness (QED) is 0.613. The number of alkyl halides is 6. The minimum Gasteiger partial charge on any atom is -0.383 e. The van der Waals surface area contributed by atoms with E-state index in [1.54, 1.807) is 0 Å². The number of aliphatic hydroxyl groups is 1. The summed E-state index contributed by atoms with van der Waals surface area (Å²) in [6.45, 7) is 0. The Hall–Kier alpha value is -0.460. The highest BCUT2D eigenvalue weighted by Gasteiger charge is 2.45. The molecule has 0 unspecified atom stereocenters. The molecule has 0 radical (unpaired) electrons. The van der Waals surface area contributed by atoms with Gasteiger partial charge in [-0.3, -0.25) is 0 Å². The van der Waals surface area contributed by atoms with Crippen LogP contribution in [-0.4, -0.2) is 23.6 Å². The van der Waals surface area contributed by atoms with Gasteiger partial charge in [0.15, 0.2) is 6.10 Å². The Morgan fingerprint density at radius 3 is 1.45 bits per heavy atom. The first-order valence-corrected chi connectivity index (χ1v) is 2.44. The van der Waals surface area contributed by atoms with Gasteiger partial charge in [0.05, 0.1) is 6.42 Å². The Balaban J connectivity index is 3.99. The van der Waals surface area contributed by atoms with Crippen molar-refractivity contribution in [1.82, 2.24) is 0 Å². The summed E-state index contributed by atoms with van der Waals surface area (Å²) in [6.07, 6.45) is -15.8. The molecule has 1 nitrogen and oxygen atoms in total. The van der Waals surface area contributed by atoms with Crippen LogP contribution >= 0.6 is 0 Å². The maximum absolute atomic E-state index is 11.2. The lowest BCUT2D eigenvalue weighted by Gasteiger charge is -2.15. The Morgan fingerprint density at radius 2 is 1.36 bits per heavy atom. The van der Waals surface area contributed by atoms with Crippen molar-refractivity contribution >= 4 is 0 Å². The maximum atomic E-state index is 11.2. The van der Waals surface area contributed by atoms with Crippen LogP contribution < -0.4 is 0 Å². The largest absolute Gasteiger partial charge is 0.414 e. The molecule has 0 fully saturated rings. The van der Waals surface area contributed by atoms with Crippen molar-refractivity contribution < 1.29 is 31.4 Å². The van der Waals surface area contributed by atoms with E-state index < -0.39 is 24.9 Å². The second-order valence-electron chi connectivity index (χ2n) is 1.88.